The lowest BCUT2D eigenvalue weighted by Gasteiger charge is -2.20. The van der Waals surface area contributed by atoms with Crippen LogP contribution >= 0.6 is 0 Å². The molecule has 0 aromatic heterocycles. The summed E-state index contributed by atoms with van der Waals surface area (Å²) in [4.78, 5) is 0. The van der Waals surface area contributed by atoms with Crippen LogP contribution in [0.25, 0.3) is 0 Å². The third-order valence-corrected chi connectivity index (χ3v) is 5.32. The van der Waals surface area contributed by atoms with Gasteiger partial charge in [-0.05, 0) is 19.9 Å². The summed E-state index contributed by atoms with van der Waals surface area (Å²) in [5, 5.41) is 0. The van der Waals surface area contributed by atoms with Gasteiger partial charge in [-0.25, -0.2) is 0 Å². The minimum absolute atomic E-state index is 0.0766. The molecule has 0 aromatic rings. The summed E-state index contributed by atoms with van der Waals surface area (Å²) in [5.74, 6) is 0. The van der Waals surface area contributed by atoms with E-state index in [1.54, 1.807) is 5.71 Å². The summed E-state index contributed by atoms with van der Waals surface area (Å²) in [7, 11) is 2.25. The molecule has 1 heterocycles. The van der Waals surface area contributed by atoms with E-state index < -0.39 is 0 Å². The van der Waals surface area contributed by atoms with Crippen LogP contribution in [-0.2, 0) is 0 Å². The van der Waals surface area contributed by atoms with E-state index in [2.05, 4.69) is 22.8 Å². The lowest BCUT2D eigenvalue weighted by molar-refractivity contribution is -0.383. The molecule has 1 atom stereocenters. The van der Waals surface area contributed by atoms with E-state index in [9.17, 15) is 0 Å². The van der Waals surface area contributed by atoms with Crippen molar-refractivity contribution < 1.29 is 4.24 Å². The molecule has 0 amide bonds. The molecule has 3 heteroatoms. The zero-order chi connectivity index (χ0) is 9.26. The van der Waals surface area contributed by atoms with Crippen LogP contribution in [0.5, 0.6) is 0 Å². The molecule has 74 valence electrons. The Morgan fingerprint density at radius 1 is 1.54 bits per heavy atom. The molecule has 0 bridgehead atoms. The lowest BCUT2D eigenvalue weighted by Crippen LogP contribution is -2.35. The second kappa shape index (κ2) is 3.92. The maximum Gasteiger partial charge on any atom is 0.413 e. The van der Waals surface area contributed by atoms with Crippen molar-refractivity contribution in [3.8, 4) is 0 Å². The zero-order valence-electron chi connectivity index (χ0n) is 8.92. The van der Waals surface area contributed by atoms with Gasteiger partial charge in [-0.2, -0.15) is 0 Å². The first-order valence-electron chi connectivity index (χ1n) is 5.64. The maximum atomic E-state index is 2.74. The molecular formula is C10H21N2Si+. The minimum Gasteiger partial charge on any atom is -0.302 e. The van der Waals surface area contributed by atoms with Gasteiger partial charge in [0.15, 0.2) is 0 Å². The van der Waals surface area contributed by atoms with Gasteiger partial charge in [-0.1, -0.05) is 13.3 Å². The Morgan fingerprint density at radius 2 is 2.38 bits per heavy atom. The number of nitrogens with zero attached hydrogens (tertiary/aromatic N) is 2. The van der Waals surface area contributed by atoms with E-state index in [-0.39, 0.29) is 9.84 Å². The van der Waals surface area contributed by atoms with Gasteiger partial charge < -0.3 is 4.24 Å². The van der Waals surface area contributed by atoms with Crippen molar-refractivity contribution in [1.82, 2.24) is 4.57 Å². The van der Waals surface area contributed by atoms with Gasteiger partial charge in [0.25, 0.3) is 0 Å². The van der Waals surface area contributed by atoms with Crippen molar-refractivity contribution in [2.75, 3.05) is 13.6 Å². The molecular weight excluding hydrogens is 176 g/mol. The Hall–Kier alpha value is -0.153. The van der Waals surface area contributed by atoms with Crippen LogP contribution < -0.4 is 0 Å². The van der Waals surface area contributed by atoms with Crippen LogP contribution in [0.3, 0.4) is 0 Å². The molecule has 1 unspecified atom stereocenters. The van der Waals surface area contributed by atoms with Gasteiger partial charge in [0.1, 0.15) is 12.3 Å². The molecule has 1 aliphatic carbocycles. The second-order valence-electron chi connectivity index (χ2n) is 4.41. The summed E-state index contributed by atoms with van der Waals surface area (Å²) in [6.07, 6.45) is 7.03. The highest BCUT2D eigenvalue weighted by molar-refractivity contribution is 6.27. The molecule has 1 aliphatic heterocycles. The molecule has 2 nitrogen and oxygen atoms in total. The normalized spacial score (nSPS) is 31.4. The van der Waals surface area contributed by atoms with Crippen molar-refractivity contribution in [2.24, 2.45) is 0 Å². The monoisotopic (exact) mass is 197 g/mol. The Bertz CT molecular complexity index is 225. The summed E-state index contributed by atoms with van der Waals surface area (Å²) in [6.45, 7) is 3.62. The van der Waals surface area contributed by atoms with Gasteiger partial charge in [0, 0.05) is 12.8 Å². The maximum absolute atomic E-state index is 2.74. The van der Waals surface area contributed by atoms with Crippen LogP contribution in [0.1, 0.15) is 39.0 Å². The molecule has 0 aromatic carbocycles. The third-order valence-electron chi connectivity index (χ3n) is 3.37. The fourth-order valence-corrected chi connectivity index (χ4v) is 4.90. The summed E-state index contributed by atoms with van der Waals surface area (Å²) < 4.78 is 5.40. The first-order valence-corrected chi connectivity index (χ1v) is 6.90. The van der Waals surface area contributed by atoms with Crippen molar-refractivity contribution in [2.45, 2.75) is 45.1 Å². The highest BCUT2D eigenvalue weighted by atomic mass is 28.2. The molecule has 0 radical (unpaired) electrons. The number of hydrogen-bond donors (Lipinski definition) is 0. The Morgan fingerprint density at radius 3 is 3.15 bits per heavy atom. The van der Waals surface area contributed by atoms with E-state index in [1.807, 2.05) is 0 Å². The van der Waals surface area contributed by atoms with Gasteiger partial charge in [-0.3, -0.25) is 4.57 Å². The van der Waals surface area contributed by atoms with Gasteiger partial charge in [0.2, 0.25) is 0 Å². The second-order valence-corrected chi connectivity index (χ2v) is 6.46. The quantitative estimate of drug-likeness (QED) is 0.592. The molecule has 2 rings (SSSR count). The fourth-order valence-electron chi connectivity index (χ4n) is 2.76. The average Bonchev–Trinajstić information content (AvgIpc) is 2.46. The van der Waals surface area contributed by atoms with Crippen LogP contribution in [0.15, 0.2) is 0 Å². The molecule has 0 saturated heterocycles. The molecule has 0 N–H and O–H groups in total. The van der Waals surface area contributed by atoms with E-state index in [1.165, 1.54) is 38.6 Å². The highest BCUT2D eigenvalue weighted by Crippen LogP contribution is 2.22. The Balaban J connectivity index is 2.14. The predicted octanol–water partition coefficient (Wildman–Crippen LogP) is 0.737. The molecule has 0 spiro atoms. The summed E-state index contributed by atoms with van der Waals surface area (Å²) in [6, 6.07) is 0.854. The smallest absolute Gasteiger partial charge is 0.302 e. The molecule has 13 heavy (non-hydrogen) atoms. The van der Waals surface area contributed by atoms with Crippen molar-refractivity contribution >= 4 is 15.6 Å². The Labute approximate surface area is 83.6 Å². The predicted molar refractivity (Wildman–Crippen MR) is 59.0 cm³/mol. The van der Waals surface area contributed by atoms with Gasteiger partial charge in [-0.15, -0.1) is 0 Å². The topological polar surface area (TPSA) is 6.25 Å². The van der Waals surface area contributed by atoms with Gasteiger partial charge in [0.05, 0.1) is 6.04 Å². The third kappa shape index (κ3) is 1.72. The standard InChI is InChI=1S/C10H21N2Si/c1-3-8-12-10-7-5-4-6-9(10)11(2)13-12/h9H,3-8,13H2,1-2H3/q+1. The lowest BCUT2D eigenvalue weighted by atomic mass is 9.93. The highest BCUT2D eigenvalue weighted by Gasteiger charge is 2.38. The SMILES string of the molecule is CCC[N+]1=C2CCCCC2N(C)[SiH2]1. The first-order chi connectivity index (χ1) is 6.33. The van der Waals surface area contributed by atoms with Crippen LogP contribution in [0.4, 0.5) is 0 Å². The van der Waals surface area contributed by atoms with Crippen molar-refractivity contribution in [1.29, 1.82) is 0 Å². The number of rotatable bonds is 2. The van der Waals surface area contributed by atoms with E-state index in [0.29, 0.717) is 0 Å². The summed E-state index contributed by atoms with van der Waals surface area (Å²) in [5.41, 5.74) is 1.79. The van der Waals surface area contributed by atoms with Crippen LogP contribution in [0, 0.1) is 0 Å². The summed E-state index contributed by atoms with van der Waals surface area (Å²) >= 11 is 0. The molecule has 2 aliphatic rings. The molecule has 1 fully saturated rings. The van der Waals surface area contributed by atoms with Crippen LogP contribution in [0.2, 0.25) is 0 Å². The van der Waals surface area contributed by atoms with Crippen molar-refractivity contribution in [3.05, 3.63) is 0 Å². The zero-order valence-corrected chi connectivity index (χ0v) is 10.3. The Kier molecular flexibility index (Phi) is 2.84. The first kappa shape index (κ1) is 9.40. The largest absolute Gasteiger partial charge is 0.413 e. The fraction of sp³-hybridized carbons (Fsp3) is 0.900. The average molecular weight is 197 g/mol. The van der Waals surface area contributed by atoms with E-state index >= 15 is 0 Å². The van der Waals surface area contributed by atoms with Gasteiger partial charge >= 0.3 is 9.84 Å². The number of hydrogen-bond acceptors (Lipinski definition) is 1. The van der Waals surface area contributed by atoms with Crippen molar-refractivity contribution in [3.63, 3.8) is 0 Å². The minimum atomic E-state index is -0.0766. The van der Waals surface area contributed by atoms with E-state index in [0.717, 1.165) is 6.04 Å². The number of fused-ring (bicyclic) bond motifs is 1. The van der Waals surface area contributed by atoms with E-state index in [4.69, 9.17) is 0 Å². The molecule has 1 saturated carbocycles. The van der Waals surface area contributed by atoms with Crippen LogP contribution in [-0.4, -0.2) is 44.0 Å².